The Hall–Kier alpha value is -1.60. The van der Waals surface area contributed by atoms with E-state index in [1.807, 2.05) is 32.8 Å². The van der Waals surface area contributed by atoms with Crippen LogP contribution >= 0.6 is 0 Å². The summed E-state index contributed by atoms with van der Waals surface area (Å²) in [5, 5.41) is 2.82. The fraction of sp³-hybridized carbons (Fsp3) is 0.533. The second-order valence-corrected chi connectivity index (χ2v) is 8.01. The number of carbonyl (C=O) groups is 1. The summed E-state index contributed by atoms with van der Waals surface area (Å²) in [4.78, 5) is 14.2. The summed E-state index contributed by atoms with van der Waals surface area (Å²) in [5.74, 6) is -0.0878. The number of amides is 1. The van der Waals surface area contributed by atoms with Crippen molar-refractivity contribution in [1.29, 1.82) is 0 Å². The molecule has 1 aromatic carbocycles. The highest BCUT2D eigenvalue weighted by molar-refractivity contribution is 7.90. The van der Waals surface area contributed by atoms with Crippen molar-refractivity contribution >= 4 is 15.7 Å². The van der Waals surface area contributed by atoms with E-state index in [4.69, 9.17) is 4.74 Å². The Balaban J connectivity index is 3.01. The van der Waals surface area contributed by atoms with Gasteiger partial charge in [0.05, 0.1) is 7.11 Å². The predicted molar refractivity (Wildman–Crippen MR) is 86.2 cm³/mol. The molecule has 124 valence electrons. The number of nitrogens with zero attached hydrogens (tertiary/aromatic N) is 1. The molecule has 0 atom stereocenters. The maximum absolute atomic E-state index is 12.2. The summed E-state index contributed by atoms with van der Waals surface area (Å²) in [7, 11) is 1.78. The average Bonchev–Trinajstić information content (AvgIpc) is 2.43. The highest BCUT2D eigenvalue weighted by Gasteiger charge is 2.22. The van der Waals surface area contributed by atoms with Crippen molar-refractivity contribution < 1.29 is 17.9 Å². The second-order valence-electron chi connectivity index (χ2n) is 6.03. The van der Waals surface area contributed by atoms with Crippen LogP contribution in [0.4, 0.5) is 0 Å². The monoisotopic (exact) mass is 328 g/mol. The van der Waals surface area contributed by atoms with Gasteiger partial charge in [0, 0.05) is 23.9 Å². The number of hydrogen-bond acceptors (Lipinski definition) is 5. The van der Waals surface area contributed by atoms with Crippen LogP contribution in [0.5, 0.6) is 5.75 Å². The van der Waals surface area contributed by atoms with Crippen LogP contribution in [-0.2, 0) is 9.84 Å². The van der Waals surface area contributed by atoms with E-state index >= 15 is 0 Å². The van der Waals surface area contributed by atoms with Crippen LogP contribution in [0.15, 0.2) is 23.1 Å². The lowest BCUT2D eigenvalue weighted by Crippen LogP contribution is -2.48. The highest BCUT2D eigenvalue weighted by Crippen LogP contribution is 2.24. The van der Waals surface area contributed by atoms with Gasteiger partial charge in [-0.2, -0.15) is 0 Å². The number of rotatable bonds is 6. The largest absolute Gasteiger partial charge is 0.495 e. The summed E-state index contributed by atoms with van der Waals surface area (Å²) < 4.78 is 28.6. The number of hydrogen-bond donors (Lipinski definition) is 1. The van der Waals surface area contributed by atoms with Gasteiger partial charge < -0.3 is 15.0 Å². The Labute approximate surface area is 132 Å². The quantitative estimate of drug-likeness (QED) is 0.848. The van der Waals surface area contributed by atoms with Crippen molar-refractivity contribution in [3.8, 4) is 5.75 Å². The van der Waals surface area contributed by atoms with E-state index in [9.17, 15) is 13.2 Å². The van der Waals surface area contributed by atoms with E-state index in [1.165, 1.54) is 19.2 Å². The van der Waals surface area contributed by atoms with Gasteiger partial charge in [-0.1, -0.05) is 0 Å². The van der Waals surface area contributed by atoms with Crippen LogP contribution in [0.1, 0.15) is 24.2 Å². The zero-order valence-electron chi connectivity index (χ0n) is 13.9. The average molecular weight is 328 g/mol. The first-order chi connectivity index (χ1) is 9.99. The molecule has 1 aromatic rings. The molecule has 1 amide bonds. The van der Waals surface area contributed by atoms with E-state index in [2.05, 4.69) is 5.32 Å². The number of nitrogens with one attached hydrogen (secondary N) is 1. The zero-order valence-corrected chi connectivity index (χ0v) is 14.7. The van der Waals surface area contributed by atoms with E-state index in [-0.39, 0.29) is 27.7 Å². The lowest BCUT2D eigenvalue weighted by atomic mass is 10.0. The molecule has 6 nitrogen and oxygen atoms in total. The molecule has 0 heterocycles. The second kappa shape index (κ2) is 6.66. The minimum absolute atomic E-state index is 0.00881. The van der Waals surface area contributed by atoms with Crippen LogP contribution in [0.25, 0.3) is 0 Å². The molecule has 0 radical (unpaired) electrons. The molecule has 0 fully saturated rings. The Morgan fingerprint density at radius 3 is 2.36 bits per heavy atom. The SMILES string of the molecule is COc1ccc(C(=O)NCC(C)(C)N(C)C)cc1S(C)(=O)=O. The number of benzene rings is 1. The number of likely N-dealkylation sites (N-methyl/N-ethyl adjacent to an activating group) is 1. The molecule has 0 aromatic heterocycles. The van der Waals surface area contributed by atoms with Gasteiger partial charge in [-0.15, -0.1) is 0 Å². The lowest BCUT2D eigenvalue weighted by Gasteiger charge is -2.32. The summed E-state index contributed by atoms with van der Waals surface area (Å²) in [5.41, 5.74) is 0.0812. The Morgan fingerprint density at radius 2 is 1.91 bits per heavy atom. The van der Waals surface area contributed by atoms with Crippen molar-refractivity contribution in [2.45, 2.75) is 24.3 Å². The first kappa shape index (κ1) is 18.4. The molecule has 1 rings (SSSR count). The van der Waals surface area contributed by atoms with E-state index < -0.39 is 9.84 Å². The minimum Gasteiger partial charge on any atom is -0.495 e. The van der Waals surface area contributed by atoms with Crippen molar-refractivity contribution in [1.82, 2.24) is 10.2 Å². The number of ether oxygens (including phenoxy) is 1. The summed E-state index contributed by atoms with van der Waals surface area (Å²) >= 11 is 0. The highest BCUT2D eigenvalue weighted by atomic mass is 32.2. The summed E-state index contributed by atoms with van der Waals surface area (Å²) in [6.45, 7) is 4.45. The van der Waals surface area contributed by atoms with Gasteiger partial charge in [0.25, 0.3) is 5.91 Å². The van der Waals surface area contributed by atoms with Gasteiger partial charge in [-0.05, 0) is 46.1 Å². The van der Waals surface area contributed by atoms with Gasteiger partial charge in [0.1, 0.15) is 10.6 Å². The van der Waals surface area contributed by atoms with Crippen LogP contribution in [-0.4, -0.2) is 58.8 Å². The van der Waals surface area contributed by atoms with Crippen LogP contribution in [0.2, 0.25) is 0 Å². The van der Waals surface area contributed by atoms with Crippen LogP contribution < -0.4 is 10.1 Å². The third-order valence-electron chi connectivity index (χ3n) is 3.72. The first-order valence-electron chi connectivity index (χ1n) is 6.83. The molecule has 0 bridgehead atoms. The fourth-order valence-corrected chi connectivity index (χ4v) is 2.52. The van der Waals surface area contributed by atoms with E-state index in [0.717, 1.165) is 6.26 Å². The number of sulfone groups is 1. The number of methoxy groups -OCH3 is 1. The third kappa shape index (κ3) is 4.45. The zero-order chi connectivity index (χ0) is 17.1. The normalized spacial score (nSPS) is 12.3. The molecule has 22 heavy (non-hydrogen) atoms. The Bertz CT molecular complexity index is 652. The molecule has 0 saturated carbocycles. The maximum atomic E-state index is 12.2. The molecule has 0 saturated heterocycles. The van der Waals surface area contributed by atoms with E-state index in [1.54, 1.807) is 6.07 Å². The molecule has 0 unspecified atom stereocenters. The van der Waals surface area contributed by atoms with Gasteiger partial charge in [0.15, 0.2) is 9.84 Å². The topological polar surface area (TPSA) is 75.7 Å². The third-order valence-corrected chi connectivity index (χ3v) is 4.84. The van der Waals surface area contributed by atoms with Gasteiger partial charge in [-0.25, -0.2) is 8.42 Å². The van der Waals surface area contributed by atoms with Crippen LogP contribution in [0, 0.1) is 0 Å². The fourth-order valence-electron chi connectivity index (χ4n) is 1.66. The molecule has 0 aliphatic heterocycles. The molecule has 7 heteroatoms. The van der Waals surface area contributed by atoms with Crippen LogP contribution in [0.3, 0.4) is 0 Å². The lowest BCUT2D eigenvalue weighted by molar-refractivity contribution is 0.0919. The summed E-state index contributed by atoms with van der Waals surface area (Å²) in [6, 6.07) is 4.38. The molecule has 0 aliphatic rings. The molecule has 1 N–H and O–H groups in total. The molecular weight excluding hydrogens is 304 g/mol. The van der Waals surface area contributed by atoms with E-state index in [0.29, 0.717) is 6.54 Å². The minimum atomic E-state index is -3.47. The maximum Gasteiger partial charge on any atom is 0.251 e. The van der Waals surface area contributed by atoms with Gasteiger partial charge >= 0.3 is 0 Å². The predicted octanol–water partition coefficient (Wildman–Crippen LogP) is 1.17. The molecule has 0 spiro atoms. The Kier molecular flexibility index (Phi) is 5.59. The number of carbonyl (C=O) groups excluding carboxylic acids is 1. The smallest absolute Gasteiger partial charge is 0.251 e. The first-order valence-corrected chi connectivity index (χ1v) is 8.72. The van der Waals surface area contributed by atoms with Crippen molar-refractivity contribution in [2.24, 2.45) is 0 Å². The van der Waals surface area contributed by atoms with Crippen molar-refractivity contribution in [2.75, 3.05) is 34.0 Å². The van der Waals surface area contributed by atoms with Gasteiger partial charge in [-0.3, -0.25) is 4.79 Å². The Morgan fingerprint density at radius 1 is 1.32 bits per heavy atom. The molecular formula is C15H24N2O4S. The van der Waals surface area contributed by atoms with Crippen molar-refractivity contribution in [3.63, 3.8) is 0 Å². The van der Waals surface area contributed by atoms with Gasteiger partial charge in [0.2, 0.25) is 0 Å². The van der Waals surface area contributed by atoms with Crippen molar-refractivity contribution in [3.05, 3.63) is 23.8 Å². The molecule has 0 aliphatic carbocycles. The summed E-state index contributed by atoms with van der Waals surface area (Å²) in [6.07, 6.45) is 1.09. The standard InChI is InChI=1S/C15H24N2O4S/c1-15(2,17(3)4)10-16-14(18)11-7-8-12(21-5)13(9-11)22(6,19)20/h7-9H,10H2,1-6H3,(H,16,18).